The topological polar surface area (TPSA) is 32.3 Å². The number of para-hydroxylation sites is 1. The first-order valence-corrected chi connectivity index (χ1v) is 8.77. The summed E-state index contributed by atoms with van der Waals surface area (Å²) in [6.45, 7) is 0. The van der Waals surface area contributed by atoms with Gasteiger partial charge in [0.2, 0.25) is 0 Å². The van der Waals surface area contributed by atoms with Crippen LogP contribution >= 0.6 is 0 Å². The van der Waals surface area contributed by atoms with E-state index in [2.05, 4.69) is 5.32 Å². The lowest BCUT2D eigenvalue weighted by Crippen LogP contribution is -2.49. The standard InChI is InChI=1S/C20H19F6NO/c21-19(22,23)12-18(13-6-2-1-3-7-13)16(10-11-17(18)28)27-15-9-5-4-8-14(15)20(24,25)26/h1-9,16-17,27-28H,10-12H2/t16-,17+,18-/m1/s1. The van der Waals surface area contributed by atoms with Crippen LogP contribution in [0, 0.1) is 0 Å². The molecule has 1 fully saturated rings. The van der Waals surface area contributed by atoms with Gasteiger partial charge in [-0.25, -0.2) is 0 Å². The summed E-state index contributed by atoms with van der Waals surface area (Å²) in [5.74, 6) is 0. The van der Waals surface area contributed by atoms with Gasteiger partial charge in [-0.15, -0.1) is 0 Å². The van der Waals surface area contributed by atoms with Crippen LogP contribution in [0.3, 0.4) is 0 Å². The van der Waals surface area contributed by atoms with Crippen LogP contribution in [0.25, 0.3) is 0 Å². The maximum Gasteiger partial charge on any atom is 0.418 e. The quantitative estimate of drug-likeness (QED) is 0.658. The molecular formula is C20H19F6NO. The summed E-state index contributed by atoms with van der Waals surface area (Å²) >= 11 is 0. The molecule has 152 valence electrons. The Morgan fingerprint density at radius 3 is 2.11 bits per heavy atom. The maximum absolute atomic E-state index is 13.5. The molecular weight excluding hydrogens is 384 g/mol. The molecule has 0 saturated heterocycles. The molecule has 2 nitrogen and oxygen atoms in total. The fourth-order valence-electron chi connectivity index (χ4n) is 4.13. The Morgan fingerprint density at radius 2 is 1.50 bits per heavy atom. The molecule has 0 spiro atoms. The summed E-state index contributed by atoms with van der Waals surface area (Å²) in [5.41, 5.74) is -2.78. The molecule has 1 aliphatic carbocycles. The minimum atomic E-state index is -4.65. The zero-order valence-electron chi connectivity index (χ0n) is 14.7. The molecule has 0 aliphatic heterocycles. The minimum Gasteiger partial charge on any atom is -0.392 e. The zero-order valence-corrected chi connectivity index (χ0v) is 14.7. The number of anilines is 1. The van der Waals surface area contributed by atoms with E-state index >= 15 is 0 Å². The fourth-order valence-corrected chi connectivity index (χ4v) is 4.13. The van der Waals surface area contributed by atoms with Crippen LogP contribution in [0.5, 0.6) is 0 Å². The van der Waals surface area contributed by atoms with Crippen molar-refractivity contribution in [2.45, 2.75) is 49.2 Å². The SMILES string of the molecule is O[C@H]1CC[C@@H](Nc2ccccc2C(F)(F)F)[C@@]1(CC(F)(F)F)c1ccccc1. The van der Waals surface area contributed by atoms with Gasteiger partial charge >= 0.3 is 12.4 Å². The van der Waals surface area contributed by atoms with Crippen LogP contribution < -0.4 is 5.32 Å². The third kappa shape index (κ3) is 3.97. The van der Waals surface area contributed by atoms with Crippen molar-refractivity contribution in [2.24, 2.45) is 0 Å². The van der Waals surface area contributed by atoms with Crippen molar-refractivity contribution in [1.29, 1.82) is 0 Å². The molecule has 1 saturated carbocycles. The summed E-state index contributed by atoms with van der Waals surface area (Å²) < 4.78 is 80.4. The number of benzene rings is 2. The molecule has 1 aliphatic rings. The van der Waals surface area contributed by atoms with Crippen LogP contribution in [-0.4, -0.2) is 23.4 Å². The Kier molecular flexibility index (Phi) is 5.36. The number of rotatable bonds is 4. The third-order valence-electron chi connectivity index (χ3n) is 5.31. The van der Waals surface area contributed by atoms with E-state index in [4.69, 9.17) is 0 Å². The summed E-state index contributed by atoms with van der Waals surface area (Å²) in [6, 6.07) is 11.4. The molecule has 0 amide bonds. The van der Waals surface area contributed by atoms with Gasteiger partial charge in [-0.1, -0.05) is 42.5 Å². The van der Waals surface area contributed by atoms with E-state index in [0.29, 0.717) is 0 Å². The zero-order chi connectivity index (χ0) is 20.6. The van der Waals surface area contributed by atoms with E-state index in [1.807, 2.05) is 0 Å². The number of halogens is 6. The van der Waals surface area contributed by atoms with Gasteiger partial charge in [0, 0.05) is 17.1 Å². The highest BCUT2D eigenvalue weighted by atomic mass is 19.4. The second-order valence-corrected chi connectivity index (χ2v) is 7.03. The first-order chi connectivity index (χ1) is 13.0. The Bertz CT molecular complexity index is 804. The molecule has 0 heterocycles. The van der Waals surface area contributed by atoms with Crippen molar-refractivity contribution in [1.82, 2.24) is 0 Å². The van der Waals surface area contributed by atoms with E-state index in [-0.39, 0.29) is 24.1 Å². The largest absolute Gasteiger partial charge is 0.418 e. The molecule has 0 unspecified atom stereocenters. The van der Waals surface area contributed by atoms with Gasteiger partial charge in [0.1, 0.15) is 0 Å². The van der Waals surface area contributed by atoms with Crippen molar-refractivity contribution in [2.75, 3.05) is 5.32 Å². The van der Waals surface area contributed by atoms with Crippen LogP contribution in [0.4, 0.5) is 32.0 Å². The number of nitrogens with one attached hydrogen (secondary N) is 1. The van der Waals surface area contributed by atoms with Gasteiger partial charge in [-0.05, 0) is 30.5 Å². The predicted octanol–water partition coefficient (Wildman–Crippen LogP) is 5.53. The molecule has 2 N–H and O–H groups in total. The highest BCUT2D eigenvalue weighted by Crippen LogP contribution is 2.50. The van der Waals surface area contributed by atoms with E-state index in [9.17, 15) is 31.4 Å². The van der Waals surface area contributed by atoms with Crippen molar-refractivity contribution >= 4 is 5.69 Å². The lowest BCUT2D eigenvalue weighted by molar-refractivity contribution is -0.157. The summed E-state index contributed by atoms with van der Waals surface area (Å²) in [4.78, 5) is 0. The lowest BCUT2D eigenvalue weighted by Gasteiger charge is -2.40. The highest BCUT2D eigenvalue weighted by molar-refractivity contribution is 5.55. The number of aliphatic hydroxyl groups is 1. The number of alkyl halides is 6. The smallest absolute Gasteiger partial charge is 0.392 e. The van der Waals surface area contributed by atoms with Crippen molar-refractivity contribution in [3.8, 4) is 0 Å². The average Bonchev–Trinajstić information content (AvgIpc) is 2.91. The average molecular weight is 403 g/mol. The molecule has 2 aromatic rings. The van der Waals surface area contributed by atoms with E-state index < -0.39 is 41.9 Å². The van der Waals surface area contributed by atoms with Gasteiger partial charge in [0.05, 0.1) is 18.1 Å². The van der Waals surface area contributed by atoms with Crippen LogP contribution in [-0.2, 0) is 11.6 Å². The number of hydrogen-bond donors (Lipinski definition) is 2. The highest BCUT2D eigenvalue weighted by Gasteiger charge is 2.56. The van der Waals surface area contributed by atoms with E-state index in [1.54, 1.807) is 18.2 Å². The summed E-state index contributed by atoms with van der Waals surface area (Å²) in [7, 11) is 0. The van der Waals surface area contributed by atoms with E-state index in [0.717, 1.165) is 6.07 Å². The lowest BCUT2D eigenvalue weighted by atomic mass is 9.71. The van der Waals surface area contributed by atoms with Gasteiger partial charge in [-0.2, -0.15) is 26.3 Å². The van der Waals surface area contributed by atoms with Crippen molar-refractivity contribution in [3.63, 3.8) is 0 Å². The number of hydrogen-bond acceptors (Lipinski definition) is 2. The van der Waals surface area contributed by atoms with Gasteiger partial charge in [0.15, 0.2) is 0 Å². The molecule has 0 radical (unpaired) electrons. The summed E-state index contributed by atoms with van der Waals surface area (Å²) in [6.07, 6.45) is -11.8. The Balaban J connectivity index is 2.07. The van der Waals surface area contributed by atoms with Crippen LogP contribution in [0.2, 0.25) is 0 Å². The Labute approximate surface area is 158 Å². The number of aliphatic hydroxyl groups excluding tert-OH is 1. The molecule has 28 heavy (non-hydrogen) atoms. The first kappa shape index (κ1) is 20.5. The molecule has 8 heteroatoms. The molecule has 2 aromatic carbocycles. The van der Waals surface area contributed by atoms with E-state index in [1.165, 1.54) is 30.3 Å². The Hall–Kier alpha value is -2.22. The van der Waals surface area contributed by atoms with Crippen molar-refractivity contribution in [3.05, 3.63) is 65.7 Å². The molecule has 3 atom stereocenters. The normalized spacial score (nSPS) is 25.7. The molecule has 3 rings (SSSR count). The van der Waals surface area contributed by atoms with Crippen molar-refractivity contribution < 1.29 is 31.4 Å². The van der Waals surface area contributed by atoms with Crippen LogP contribution in [0.15, 0.2) is 54.6 Å². The third-order valence-corrected chi connectivity index (χ3v) is 5.31. The minimum absolute atomic E-state index is 0.0524. The van der Waals surface area contributed by atoms with Crippen LogP contribution in [0.1, 0.15) is 30.4 Å². The second kappa shape index (κ2) is 7.31. The monoisotopic (exact) mass is 403 g/mol. The summed E-state index contributed by atoms with van der Waals surface area (Å²) in [5, 5.41) is 13.3. The molecule has 0 bridgehead atoms. The Morgan fingerprint density at radius 1 is 0.893 bits per heavy atom. The maximum atomic E-state index is 13.5. The predicted molar refractivity (Wildman–Crippen MR) is 92.9 cm³/mol. The second-order valence-electron chi connectivity index (χ2n) is 7.03. The van der Waals surface area contributed by atoms with Gasteiger partial charge in [0.25, 0.3) is 0 Å². The first-order valence-electron chi connectivity index (χ1n) is 8.77. The fraction of sp³-hybridized carbons (Fsp3) is 0.400. The molecule has 0 aromatic heterocycles. The van der Waals surface area contributed by atoms with Gasteiger partial charge in [-0.3, -0.25) is 0 Å². The van der Waals surface area contributed by atoms with Gasteiger partial charge < -0.3 is 10.4 Å².